The Morgan fingerprint density at radius 3 is 2.71 bits per heavy atom. The molecule has 8 nitrogen and oxygen atoms in total. The van der Waals surface area contributed by atoms with Crippen LogP contribution in [-0.4, -0.2) is 54.3 Å². The predicted molar refractivity (Wildman–Crippen MR) is 135 cm³/mol. The van der Waals surface area contributed by atoms with Crippen molar-refractivity contribution in [2.24, 2.45) is 0 Å². The molecule has 2 aromatic heterocycles. The summed E-state index contributed by atoms with van der Waals surface area (Å²) >= 11 is 0. The van der Waals surface area contributed by atoms with Gasteiger partial charge in [0, 0.05) is 47.9 Å². The minimum atomic E-state index is -4.55. The zero-order valence-corrected chi connectivity index (χ0v) is 21.2. The highest BCUT2D eigenvalue weighted by atomic mass is 19.4. The molecule has 1 atom stereocenters. The van der Waals surface area contributed by atoms with Gasteiger partial charge >= 0.3 is 6.18 Å². The van der Waals surface area contributed by atoms with Gasteiger partial charge in [-0.3, -0.25) is 4.79 Å². The number of aromatic nitrogens is 3. The van der Waals surface area contributed by atoms with Crippen molar-refractivity contribution in [3.8, 4) is 28.6 Å². The number of halogens is 3. The van der Waals surface area contributed by atoms with Gasteiger partial charge in [-0.25, -0.2) is 0 Å². The number of aromatic amines is 1. The smallest absolute Gasteiger partial charge is 0.418 e. The number of hydrogen-bond donors (Lipinski definition) is 1. The largest absolute Gasteiger partial charge is 0.496 e. The van der Waals surface area contributed by atoms with E-state index < -0.39 is 11.7 Å². The van der Waals surface area contributed by atoms with Crippen molar-refractivity contribution in [1.29, 1.82) is 0 Å². The Hall–Kier alpha value is -3.86. The fraction of sp³-hybridized carbons (Fsp3) is 0.370. The average Bonchev–Trinajstić information content (AvgIpc) is 3.55. The van der Waals surface area contributed by atoms with Gasteiger partial charge < -0.3 is 23.9 Å². The van der Waals surface area contributed by atoms with Crippen LogP contribution < -0.4 is 9.64 Å². The van der Waals surface area contributed by atoms with Gasteiger partial charge in [0.25, 0.3) is 5.89 Å². The molecule has 0 radical (unpaired) electrons. The number of Topliss-reactive ketones (excluding diaryl/α,β-unsaturated/α-hetero) is 1. The van der Waals surface area contributed by atoms with E-state index in [1.165, 1.54) is 20.3 Å². The molecule has 0 aliphatic carbocycles. The van der Waals surface area contributed by atoms with Crippen LogP contribution in [0, 0.1) is 0 Å². The lowest BCUT2D eigenvalue weighted by Crippen LogP contribution is -2.38. The summed E-state index contributed by atoms with van der Waals surface area (Å²) in [7, 11) is 2.91. The summed E-state index contributed by atoms with van der Waals surface area (Å²) in [4.78, 5) is 21.4. The monoisotopic (exact) mass is 528 g/mol. The summed E-state index contributed by atoms with van der Waals surface area (Å²) in [5.41, 5.74) is 1.09. The van der Waals surface area contributed by atoms with Gasteiger partial charge in [0.15, 0.2) is 0 Å². The number of ether oxygens (including phenoxy) is 2. The quantitative estimate of drug-likeness (QED) is 0.289. The molecule has 1 N–H and O–H groups in total. The number of H-pyrrole nitrogens is 1. The Kier molecular flexibility index (Phi) is 6.87. The van der Waals surface area contributed by atoms with Gasteiger partial charge in [0.2, 0.25) is 11.6 Å². The molecular weight excluding hydrogens is 501 g/mol. The highest BCUT2D eigenvalue weighted by Gasteiger charge is 2.37. The Labute approximate surface area is 216 Å². The Morgan fingerprint density at radius 1 is 1.18 bits per heavy atom. The molecule has 5 rings (SSSR count). The van der Waals surface area contributed by atoms with Crippen LogP contribution in [0.2, 0.25) is 0 Å². The van der Waals surface area contributed by atoms with E-state index >= 15 is 0 Å². The number of ketones is 1. The van der Waals surface area contributed by atoms with E-state index in [0.717, 1.165) is 25.3 Å². The number of hydrogen-bond acceptors (Lipinski definition) is 7. The van der Waals surface area contributed by atoms with Crippen LogP contribution >= 0.6 is 0 Å². The number of rotatable bonds is 7. The molecule has 1 aliphatic heterocycles. The second kappa shape index (κ2) is 10.1. The molecule has 2 aromatic carbocycles. The Balaban J connectivity index is 1.52. The molecule has 1 unspecified atom stereocenters. The van der Waals surface area contributed by atoms with Gasteiger partial charge in [-0.15, -0.1) is 0 Å². The minimum absolute atomic E-state index is 0.0202. The van der Waals surface area contributed by atoms with E-state index in [1.54, 1.807) is 24.3 Å². The number of nitrogens with zero attached hydrogens (tertiary/aromatic N) is 3. The molecule has 11 heteroatoms. The standard InChI is InChI=1S/C27H27F3N4O4/c1-15-6-4-5-9-34(15)22-8-7-16(11-19(22)27(28,29)30)26-32-25(33-38-26)18-10-17-12-21(23(35)14-36-2)31-20(17)13-24(18)37-3/h7-8,10-13,15,31H,4-6,9,14H2,1-3H3. The van der Waals surface area contributed by atoms with Crippen LogP contribution in [0.15, 0.2) is 40.9 Å². The SMILES string of the molecule is COCC(=O)c1cc2cc(-c3noc(-c4ccc(N5CCCCC5C)c(C(F)(F)F)c4)n3)c(OC)cc2[nH]1. The highest BCUT2D eigenvalue weighted by molar-refractivity contribution is 6.01. The fourth-order valence-corrected chi connectivity index (χ4v) is 4.92. The van der Waals surface area contributed by atoms with E-state index in [1.807, 2.05) is 11.8 Å². The van der Waals surface area contributed by atoms with E-state index in [-0.39, 0.29) is 41.4 Å². The topological polar surface area (TPSA) is 93.5 Å². The molecule has 200 valence electrons. The number of benzene rings is 2. The maximum Gasteiger partial charge on any atom is 0.418 e. The van der Waals surface area contributed by atoms with Crippen molar-refractivity contribution in [3.05, 3.63) is 47.7 Å². The number of carbonyl (C=O) groups is 1. The van der Waals surface area contributed by atoms with Gasteiger partial charge in [-0.2, -0.15) is 18.2 Å². The zero-order chi connectivity index (χ0) is 27.0. The molecular formula is C27H27F3N4O4. The second-order valence-electron chi connectivity index (χ2n) is 9.37. The molecule has 0 spiro atoms. The normalized spacial score (nSPS) is 16.3. The Morgan fingerprint density at radius 2 is 2.00 bits per heavy atom. The lowest BCUT2D eigenvalue weighted by atomic mass is 9.99. The summed E-state index contributed by atoms with van der Waals surface area (Å²) in [5, 5.41) is 4.71. The minimum Gasteiger partial charge on any atom is -0.496 e. The number of alkyl halides is 3. The van der Waals surface area contributed by atoms with Crippen molar-refractivity contribution >= 4 is 22.4 Å². The molecule has 1 saturated heterocycles. The van der Waals surface area contributed by atoms with Crippen molar-refractivity contribution in [2.75, 3.05) is 32.3 Å². The third kappa shape index (κ3) is 4.85. The zero-order valence-electron chi connectivity index (χ0n) is 21.2. The molecule has 0 saturated carbocycles. The predicted octanol–water partition coefficient (Wildman–Crippen LogP) is 6.12. The van der Waals surface area contributed by atoms with Gasteiger partial charge in [-0.05, 0) is 56.5 Å². The van der Waals surface area contributed by atoms with E-state index in [4.69, 9.17) is 14.0 Å². The molecule has 1 aliphatic rings. The summed E-state index contributed by atoms with van der Waals surface area (Å²) in [6.07, 6.45) is -1.84. The van der Waals surface area contributed by atoms with E-state index in [2.05, 4.69) is 15.1 Å². The first-order chi connectivity index (χ1) is 18.2. The first-order valence-corrected chi connectivity index (χ1v) is 12.2. The average molecular weight is 529 g/mol. The molecule has 3 heterocycles. The first-order valence-electron chi connectivity index (χ1n) is 12.2. The van der Waals surface area contributed by atoms with Crippen LogP contribution in [0.1, 0.15) is 42.2 Å². The van der Waals surface area contributed by atoms with E-state index in [9.17, 15) is 18.0 Å². The van der Waals surface area contributed by atoms with Gasteiger partial charge in [0.1, 0.15) is 12.4 Å². The Bertz CT molecular complexity index is 1480. The van der Waals surface area contributed by atoms with Crippen LogP contribution in [0.3, 0.4) is 0 Å². The number of piperidine rings is 1. The maximum atomic E-state index is 14.1. The number of methoxy groups -OCH3 is 2. The summed E-state index contributed by atoms with van der Waals surface area (Å²) in [5.74, 6) is 0.291. The molecule has 1 fully saturated rings. The van der Waals surface area contributed by atoms with Gasteiger partial charge in [0.05, 0.1) is 23.9 Å². The van der Waals surface area contributed by atoms with Crippen molar-refractivity contribution in [1.82, 2.24) is 15.1 Å². The van der Waals surface area contributed by atoms with Crippen LogP contribution in [0.5, 0.6) is 5.75 Å². The number of carbonyl (C=O) groups excluding carboxylic acids is 1. The second-order valence-corrected chi connectivity index (χ2v) is 9.37. The fourth-order valence-electron chi connectivity index (χ4n) is 4.92. The van der Waals surface area contributed by atoms with Crippen LogP contribution in [-0.2, 0) is 10.9 Å². The van der Waals surface area contributed by atoms with Crippen molar-refractivity contribution < 1.29 is 32.0 Å². The first kappa shape index (κ1) is 25.8. The van der Waals surface area contributed by atoms with E-state index in [0.29, 0.717) is 34.5 Å². The third-order valence-electron chi connectivity index (χ3n) is 6.84. The van der Waals surface area contributed by atoms with Crippen LogP contribution in [0.25, 0.3) is 33.7 Å². The highest BCUT2D eigenvalue weighted by Crippen LogP contribution is 2.41. The molecule has 38 heavy (non-hydrogen) atoms. The van der Waals surface area contributed by atoms with Crippen molar-refractivity contribution in [2.45, 2.75) is 38.4 Å². The third-order valence-corrected chi connectivity index (χ3v) is 6.84. The summed E-state index contributed by atoms with van der Waals surface area (Å²) in [6, 6.07) is 9.24. The summed E-state index contributed by atoms with van der Waals surface area (Å²) in [6.45, 7) is 2.46. The maximum absolute atomic E-state index is 14.1. The lowest BCUT2D eigenvalue weighted by Gasteiger charge is -2.37. The molecule has 4 aromatic rings. The number of fused-ring (bicyclic) bond motifs is 1. The lowest BCUT2D eigenvalue weighted by molar-refractivity contribution is -0.137. The number of anilines is 1. The molecule has 0 bridgehead atoms. The molecule has 0 amide bonds. The van der Waals surface area contributed by atoms with Gasteiger partial charge in [-0.1, -0.05) is 5.16 Å². The van der Waals surface area contributed by atoms with Crippen LogP contribution in [0.4, 0.5) is 18.9 Å². The summed E-state index contributed by atoms with van der Waals surface area (Å²) < 4.78 is 58.1. The van der Waals surface area contributed by atoms with Crippen molar-refractivity contribution in [3.63, 3.8) is 0 Å². The number of nitrogens with one attached hydrogen (secondary N) is 1.